The van der Waals surface area contributed by atoms with Gasteiger partial charge in [-0.2, -0.15) is 0 Å². The van der Waals surface area contributed by atoms with Gasteiger partial charge in [0.15, 0.2) is 6.04 Å². The lowest BCUT2D eigenvalue weighted by molar-refractivity contribution is -0.140. The van der Waals surface area contributed by atoms with Crippen LogP contribution in [0.5, 0.6) is 0 Å². The average molecular weight is 370 g/mol. The number of aliphatic hydroxyl groups excluding tert-OH is 1. The van der Waals surface area contributed by atoms with Gasteiger partial charge in [0, 0.05) is 8.59 Å². The number of amides is 1. The Balaban J connectivity index is 2.89. The van der Waals surface area contributed by atoms with Crippen LogP contribution in [0.4, 0.5) is 0 Å². The Morgan fingerprint density at radius 1 is 1.47 bits per heavy atom. The maximum absolute atomic E-state index is 11.7. The minimum Gasteiger partial charge on any atom is -0.480 e. The molecule has 1 atom stereocenters. The van der Waals surface area contributed by atoms with E-state index in [0.717, 1.165) is 0 Å². The molecule has 0 aliphatic heterocycles. The minimum absolute atomic E-state index is 0.276. The lowest BCUT2D eigenvalue weighted by Crippen LogP contribution is -2.43. The molecule has 0 saturated heterocycles. The summed E-state index contributed by atoms with van der Waals surface area (Å²) in [6.45, 7) is -0.668. The molecular formula is C10H9ClINO4. The lowest BCUT2D eigenvalue weighted by atomic mass is 10.2. The highest BCUT2D eigenvalue weighted by Gasteiger charge is 2.20. The van der Waals surface area contributed by atoms with Gasteiger partial charge in [-0.3, -0.25) is 4.79 Å². The summed E-state index contributed by atoms with van der Waals surface area (Å²) in [5.41, 5.74) is 0.276. The molecule has 5 nitrogen and oxygen atoms in total. The first kappa shape index (κ1) is 14.2. The summed E-state index contributed by atoms with van der Waals surface area (Å²) in [7, 11) is 0. The maximum Gasteiger partial charge on any atom is 0.328 e. The third-order valence-electron chi connectivity index (χ3n) is 1.96. The summed E-state index contributed by atoms with van der Waals surface area (Å²) in [6, 6.07) is 3.39. The summed E-state index contributed by atoms with van der Waals surface area (Å²) >= 11 is 7.68. The Morgan fingerprint density at radius 3 is 2.65 bits per heavy atom. The van der Waals surface area contributed by atoms with Gasteiger partial charge in [0.2, 0.25) is 0 Å². The molecule has 0 aliphatic carbocycles. The van der Waals surface area contributed by atoms with E-state index in [2.05, 4.69) is 5.32 Å². The molecule has 0 fully saturated rings. The van der Waals surface area contributed by atoms with Crippen molar-refractivity contribution < 1.29 is 19.8 Å². The van der Waals surface area contributed by atoms with Gasteiger partial charge >= 0.3 is 5.97 Å². The zero-order valence-corrected chi connectivity index (χ0v) is 11.4. The molecule has 0 spiro atoms. The van der Waals surface area contributed by atoms with Gasteiger partial charge in [-0.15, -0.1) is 0 Å². The number of aliphatic hydroxyl groups is 1. The second-order valence-corrected chi connectivity index (χ2v) is 4.77. The number of carboxylic acid groups (broad SMARTS) is 1. The first-order valence-electron chi connectivity index (χ1n) is 4.55. The van der Waals surface area contributed by atoms with Gasteiger partial charge in [-0.1, -0.05) is 11.6 Å². The number of benzene rings is 1. The van der Waals surface area contributed by atoms with Gasteiger partial charge in [-0.25, -0.2) is 4.79 Å². The second kappa shape index (κ2) is 6.18. The molecule has 7 heteroatoms. The Morgan fingerprint density at radius 2 is 2.12 bits per heavy atom. The van der Waals surface area contributed by atoms with Crippen LogP contribution in [-0.2, 0) is 4.79 Å². The summed E-state index contributed by atoms with van der Waals surface area (Å²) in [4.78, 5) is 22.4. The molecule has 0 aromatic heterocycles. The number of hydrogen-bond acceptors (Lipinski definition) is 3. The number of nitrogens with one attached hydrogen (secondary N) is 1. The maximum atomic E-state index is 11.7. The molecule has 0 bridgehead atoms. The SMILES string of the molecule is O=C(N[C@H](CO)C(=O)O)c1cc(Cl)ccc1I. The Bertz CT molecular complexity index is 452. The van der Waals surface area contributed by atoms with Gasteiger partial charge in [0.1, 0.15) is 0 Å². The topological polar surface area (TPSA) is 86.6 Å². The van der Waals surface area contributed by atoms with Gasteiger partial charge in [-0.05, 0) is 40.8 Å². The van der Waals surface area contributed by atoms with E-state index in [0.29, 0.717) is 8.59 Å². The van der Waals surface area contributed by atoms with Crippen molar-refractivity contribution in [2.24, 2.45) is 0 Å². The zero-order valence-electron chi connectivity index (χ0n) is 8.48. The second-order valence-electron chi connectivity index (χ2n) is 3.17. The quantitative estimate of drug-likeness (QED) is 0.694. The molecule has 0 saturated carbocycles. The molecule has 0 radical (unpaired) electrons. The van der Waals surface area contributed by atoms with Crippen LogP contribution in [-0.4, -0.2) is 34.7 Å². The van der Waals surface area contributed by atoms with Crippen LogP contribution in [0.2, 0.25) is 5.02 Å². The van der Waals surface area contributed by atoms with E-state index >= 15 is 0 Å². The first-order valence-corrected chi connectivity index (χ1v) is 6.01. The van der Waals surface area contributed by atoms with Crippen LogP contribution in [0.3, 0.4) is 0 Å². The molecule has 0 aliphatic rings. The number of carbonyl (C=O) groups is 2. The third kappa shape index (κ3) is 3.83. The predicted octanol–water partition coefficient (Wildman–Crippen LogP) is 1.12. The van der Waals surface area contributed by atoms with Crippen molar-refractivity contribution in [2.45, 2.75) is 6.04 Å². The van der Waals surface area contributed by atoms with E-state index in [1.54, 1.807) is 12.1 Å². The third-order valence-corrected chi connectivity index (χ3v) is 3.13. The predicted molar refractivity (Wildman–Crippen MR) is 70.1 cm³/mol. The number of carboxylic acids is 1. The number of rotatable bonds is 4. The number of carbonyl (C=O) groups excluding carboxylic acids is 1. The molecule has 17 heavy (non-hydrogen) atoms. The van der Waals surface area contributed by atoms with E-state index < -0.39 is 24.5 Å². The van der Waals surface area contributed by atoms with Crippen LogP contribution < -0.4 is 5.32 Å². The van der Waals surface area contributed by atoms with E-state index in [9.17, 15) is 9.59 Å². The van der Waals surface area contributed by atoms with Crippen molar-refractivity contribution in [2.75, 3.05) is 6.61 Å². The number of aliphatic carboxylic acids is 1. The van der Waals surface area contributed by atoms with E-state index in [1.165, 1.54) is 6.07 Å². The van der Waals surface area contributed by atoms with Crippen LogP contribution in [0.1, 0.15) is 10.4 Å². The molecule has 1 aromatic carbocycles. The summed E-state index contributed by atoms with van der Waals surface area (Å²) in [6.07, 6.45) is 0. The normalized spacial score (nSPS) is 11.9. The fourth-order valence-corrected chi connectivity index (χ4v) is 1.85. The monoisotopic (exact) mass is 369 g/mol. The van der Waals surface area contributed by atoms with Gasteiger partial charge in [0.05, 0.1) is 12.2 Å². The smallest absolute Gasteiger partial charge is 0.328 e. The molecule has 1 aromatic rings. The van der Waals surface area contributed by atoms with E-state index in [-0.39, 0.29) is 5.56 Å². The van der Waals surface area contributed by atoms with Gasteiger partial charge in [0.25, 0.3) is 5.91 Å². The molecular weight excluding hydrogens is 360 g/mol. The van der Waals surface area contributed by atoms with Crippen molar-refractivity contribution >= 4 is 46.1 Å². The molecule has 92 valence electrons. The van der Waals surface area contributed by atoms with Crippen molar-refractivity contribution in [3.8, 4) is 0 Å². The summed E-state index contributed by atoms with van der Waals surface area (Å²) in [5.74, 6) is -1.88. The van der Waals surface area contributed by atoms with Crippen molar-refractivity contribution in [3.63, 3.8) is 0 Å². The Kier molecular flexibility index (Phi) is 5.16. The fraction of sp³-hybridized carbons (Fsp3) is 0.200. The molecule has 3 N–H and O–H groups in total. The van der Waals surface area contributed by atoms with E-state index in [4.69, 9.17) is 21.8 Å². The van der Waals surface area contributed by atoms with Crippen LogP contribution in [0, 0.1) is 3.57 Å². The summed E-state index contributed by atoms with van der Waals surface area (Å²) in [5, 5.41) is 20.1. The molecule has 0 heterocycles. The van der Waals surface area contributed by atoms with Gasteiger partial charge < -0.3 is 15.5 Å². The average Bonchev–Trinajstić information content (AvgIpc) is 2.28. The molecule has 1 amide bonds. The minimum atomic E-state index is -1.32. The molecule has 0 unspecified atom stereocenters. The highest BCUT2D eigenvalue weighted by atomic mass is 127. The zero-order chi connectivity index (χ0) is 13.0. The van der Waals surface area contributed by atoms with E-state index in [1.807, 2.05) is 22.6 Å². The first-order chi connectivity index (χ1) is 7.95. The molecule has 1 rings (SSSR count). The Hall–Kier alpha value is -0.860. The largest absolute Gasteiger partial charge is 0.480 e. The highest BCUT2D eigenvalue weighted by molar-refractivity contribution is 14.1. The van der Waals surface area contributed by atoms with Crippen molar-refractivity contribution in [1.29, 1.82) is 0 Å². The van der Waals surface area contributed by atoms with Crippen molar-refractivity contribution in [3.05, 3.63) is 32.4 Å². The standard InChI is InChI=1S/C10H9ClINO4/c11-5-1-2-7(12)6(3-5)9(15)13-8(4-14)10(16)17/h1-3,8,14H,4H2,(H,13,15)(H,16,17)/t8-/m1/s1. The van der Waals surface area contributed by atoms with Crippen molar-refractivity contribution in [1.82, 2.24) is 5.32 Å². The lowest BCUT2D eigenvalue weighted by Gasteiger charge is -2.12. The van der Waals surface area contributed by atoms with Crippen LogP contribution >= 0.6 is 34.2 Å². The van der Waals surface area contributed by atoms with Crippen LogP contribution in [0.15, 0.2) is 18.2 Å². The Labute approximate surface area is 116 Å². The summed E-state index contributed by atoms with van der Waals surface area (Å²) < 4.78 is 0.645. The fourth-order valence-electron chi connectivity index (χ4n) is 1.09. The van der Waals surface area contributed by atoms with Crippen LogP contribution in [0.25, 0.3) is 0 Å². The number of hydrogen-bond donors (Lipinski definition) is 3. The highest BCUT2D eigenvalue weighted by Crippen LogP contribution is 2.17. The number of halogens is 2.